The maximum absolute atomic E-state index is 12.4. The molecule has 1 N–H and O–H groups in total. The van der Waals surface area contributed by atoms with E-state index in [1.165, 1.54) is 4.70 Å². The number of carbonyl (C=O) groups is 1. The van der Waals surface area contributed by atoms with Crippen molar-refractivity contribution in [2.75, 3.05) is 50.8 Å². The predicted molar refractivity (Wildman–Crippen MR) is 95.6 cm³/mol. The van der Waals surface area contributed by atoms with Crippen molar-refractivity contribution in [3.05, 3.63) is 24.3 Å². The molecule has 0 aliphatic carbocycles. The van der Waals surface area contributed by atoms with Crippen molar-refractivity contribution in [1.29, 1.82) is 0 Å². The first-order valence-electron chi connectivity index (χ1n) is 8.49. The number of hydrogen-bond acceptors (Lipinski definition) is 6. The fourth-order valence-electron chi connectivity index (χ4n) is 3.23. The summed E-state index contributed by atoms with van der Waals surface area (Å²) in [6.07, 6.45) is 0.529. The molecule has 0 bridgehead atoms. The fourth-order valence-corrected chi connectivity index (χ4v) is 4.25. The Morgan fingerprint density at radius 3 is 2.88 bits per heavy atom. The number of amides is 1. The van der Waals surface area contributed by atoms with Crippen LogP contribution in [0.3, 0.4) is 0 Å². The summed E-state index contributed by atoms with van der Waals surface area (Å²) >= 11 is 1.73. The van der Waals surface area contributed by atoms with Gasteiger partial charge in [-0.1, -0.05) is 23.5 Å². The molecule has 4 rings (SSSR count). The number of morpholine rings is 1. The van der Waals surface area contributed by atoms with E-state index in [0.717, 1.165) is 50.0 Å². The zero-order chi connectivity index (χ0) is 16.4. The zero-order valence-corrected chi connectivity index (χ0v) is 14.4. The molecule has 6 nitrogen and oxygen atoms in total. The number of hydrogen-bond donors (Lipinski definition) is 1. The van der Waals surface area contributed by atoms with E-state index in [-0.39, 0.29) is 11.9 Å². The van der Waals surface area contributed by atoms with Crippen LogP contribution in [-0.4, -0.2) is 67.8 Å². The van der Waals surface area contributed by atoms with E-state index in [9.17, 15) is 4.79 Å². The zero-order valence-electron chi connectivity index (χ0n) is 13.6. The number of rotatable bonds is 3. The van der Waals surface area contributed by atoms with Gasteiger partial charge in [-0.05, 0) is 12.1 Å². The Balaban J connectivity index is 1.33. The molecule has 128 valence electrons. The van der Waals surface area contributed by atoms with Gasteiger partial charge in [-0.25, -0.2) is 4.98 Å². The highest BCUT2D eigenvalue weighted by atomic mass is 32.1. The van der Waals surface area contributed by atoms with Crippen LogP contribution >= 0.6 is 11.3 Å². The molecule has 0 spiro atoms. The predicted octanol–water partition coefficient (Wildman–Crippen LogP) is 1.32. The number of ether oxygens (including phenoxy) is 1. The number of carbonyl (C=O) groups excluding carboxylic acids is 1. The van der Waals surface area contributed by atoms with Gasteiger partial charge in [0.25, 0.3) is 0 Å². The summed E-state index contributed by atoms with van der Waals surface area (Å²) < 4.78 is 6.64. The van der Waals surface area contributed by atoms with Crippen molar-refractivity contribution in [3.63, 3.8) is 0 Å². The van der Waals surface area contributed by atoms with Gasteiger partial charge in [0, 0.05) is 45.2 Å². The fraction of sp³-hybridized carbons (Fsp3) is 0.529. The Labute approximate surface area is 145 Å². The van der Waals surface area contributed by atoms with Gasteiger partial charge in [-0.15, -0.1) is 0 Å². The molecule has 1 aromatic carbocycles. The maximum atomic E-state index is 12.4. The molecular weight excluding hydrogens is 324 g/mol. The highest BCUT2D eigenvalue weighted by molar-refractivity contribution is 7.22. The summed E-state index contributed by atoms with van der Waals surface area (Å²) in [5.41, 5.74) is 1.05. The van der Waals surface area contributed by atoms with Gasteiger partial charge in [0.05, 0.1) is 23.4 Å². The minimum absolute atomic E-state index is 0.161. The first-order chi connectivity index (χ1) is 11.8. The molecule has 2 saturated heterocycles. The van der Waals surface area contributed by atoms with E-state index in [1.807, 2.05) is 23.1 Å². The Bertz CT molecular complexity index is 672. The van der Waals surface area contributed by atoms with Crippen LogP contribution in [0.15, 0.2) is 24.3 Å². The van der Waals surface area contributed by atoms with E-state index in [4.69, 9.17) is 9.72 Å². The Morgan fingerprint density at radius 2 is 2.12 bits per heavy atom. The summed E-state index contributed by atoms with van der Waals surface area (Å²) in [5, 5.41) is 4.41. The Hall–Kier alpha value is -1.70. The van der Waals surface area contributed by atoms with Crippen LogP contribution < -0.4 is 10.2 Å². The number of piperazine rings is 1. The van der Waals surface area contributed by atoms with Gasteiger partial charge in [-0.2, -0.15) is 0 Å². The number of fused-ring (bicyclic) bond motifs is 1. The lowest BCUT2D eigenvalue weighted by Gasteiger charge is -2.35. The molecule has 1 aromatic heterocycles. The number of para-hydroxylation sites is 1. The van der Waals surface area contributed by atoms with Crippen molar-refractivity contribution in [2.45, 2.75) is 12.5 Å². The molecule has 1 atom stereocenters. The number of nitrogens with zero attached hydrogens (tertiary/aromatic N) is 3. The lowest BCUT2D eigenvalue weighted by molar-refractivity contribution is -0.132. The second kappa shape index (κ2) is 7.04. The van der Waals surface area contributed by atoms with Crippen LogP contribution in [0.1, 0.15) is 6.42 Å². The summed E-state index contributed by atoms with van der Waals surface area (Å²) in [6, 6.07) is 8.38. The van der Waals surface area contributed by atoms with Crippen LogP contribution in [0, 0.1) is 0 Å². The van der Waals surface area contributed by atoms with Crippen LogP contribution in [0.4, 0.5) is 5.13 Å². The molecule has 1 amide bonds. The molecule has 3 heterocycles. The van der Waals surface area contributed by atoms with Gasteiger partial charge in [0.15, 0.2) is 5.13 Å². The number of benzene rings is 1. The van der Waals surface area contributed by atoms with Crippen molar-refractivity contribution >= 4 is 32.6 Å². The molecular formula is C17H22N4O2S. The quantitative estimate of drug-likeness (QED) is 0.908. The number of thiazole rings is 1. The van der Waals surface area contributed by atoms with Crippen LogP contribution in [0.5, 0.6) is 0 Å². The number of nitrogens with one attached hydrogen (secondary N) is 1. The third kappa shape index (κ3) is 3.38. The maximum Gasteiger partial charge on any atom is 0.224 e. The van der Waals surface area contributed by atoms with E-state index in [0.29, 0.717) is 13.0 Å². The third-order valence-corrected chi connectivity index (χ3v) is 5.70. The standard InChI is InChI=1S/C17H22N4O2S/c22-16(11-13-12-23-10-5-18-13)20-6-8-21(9-7-20)17-19-14-3-1-2-4-15(14)24-17/h1-4,13,18H,5-12H2. The molecule has 1 unspecified atom stereocenters. The van der Waals surface area contributed by atoms with Crippen LogP contribution in [0.2, 0.25) is 0 Å². The summed E-state index contributed by atoms with van der Waals surface area (Å²) in [4.78, 5) is 21.4. The number of aromatic nitrogens is 1. The molecule has 7 heteroatoms. The van der Waals surface area contributed by atoms with Gasteiger partial charge in [0.1, 0.15) is 0 Å². The van der Waals surface area contributed by atoms with Gasteiger partial charge in [-0.3, -0.25) is 4.79 Å². The van der Waals surface area contributed by atoms with Gasteiger partial charge in [0.2, 0.25) is 5.91 Å². The van der Waals surface area contributed by atoms with Crippen molar-refractivity contribution in [3.8, 4) is 0 Å². The summed E-state index contributed by atoms with van der Waals surface area (Å²) in [7, 11) is 0. The minimum atomic E-state index is 0.161. The SMILES string of the molecule is O=C(CC1COCCN1)N1CCN(c2nc3ccccc3s2)CC1. The monoisotopic (exact) mass is 346 g/mol. The molecule has 0 radical (unpaired) electrons. The average molecular weight is 346 g/mol. The van der Waals surface area contributed by atoms with E-state index in [1.54, 1.807) is 11.3 Å². The molecule has 2 aliphatic heterocycles. The smallest absolute Gasteiger partial charge is 0.224 e. The van der Waals surface area contributed by atoms with Crippen molar-refractivity contribution in [2.24, 2.45) is 0 Å². The highest BCUT2D eigenvalue weighted by Crippen LogP contribution is 2.29. The lowest BCUT2D eigenvalue weighted by atomic mass is 10.1. The normalized spacial score (nSPS) is 22.1. The molecule has 24 heavy (non-hydrogen) atoms. The van der Waals surface area contributed by atoms with Gasteiger partial charge < -0.3 is 19.9 Å². The highest BCUT2D eigenvalue weighted by Gasteiger charge is 2.25. The largest absolute Gasteiger partial charge is 0.378 e. The van der Waals surface area contributed by atoms with E-state index >= 15 is 0 Å². The van der Waals surface area contributed by atoms with Crippen molar-refractivity contribution < 1.29 is 9.53 Å². The minimum Gasteiger partial charge on any atom is -0.378 e. The van der Waals surface area contributed by atoms with E-state index < -0.39 is 0 Å². The van der Waals surface area contributed by atoms with Crippen LogP contribution in [-0.2, 0) is 9.53 Å². The molecule has 0 saturated carbocycles. The first-order valence-corrected chi connectivity index (χ1v) is 9.31. The van der Waals surface area contributed by atoms with Crippen molar-refractivity contribution in [1.82, 2.24) is 15.2 Å². The van der Waals surface area contributed by atoms with Gasteiger partial charge >= 0.3 is 0 Å². The first kappa shape index (κ1) is 15.8. The Morgan fingerprint density at radius 1 is 1.29 bits per heavy atom. The third-order valence-electron chi connectivity index (χ3n) is 4.60. The molecule has 2 aliphatic rings. The van der Waals surface area contributed by atoms with E-state index in [2.05, 4.69) is 16.3 Å². The van der Waals surface area contributed by atoms with Crippen LogP contribution in [0.25, 0.3) is 10.2 Å². The lowest BCUT2D eigenvalue weighted by Crippen LogP contribution is -2.51. The topological polar surface area (TPSA) is 57.7 Å². The Kier molecular flexibility index (Phi) is 4.64. The second-order valence-corrected chi connectivity index (χ2v) is 7.27. The average Bonchev–Trinajstić information content (AvgIpc) is 3.07. The molecule has 2 fully saturated rings. The molecule has 2 aromatic rings. The summed E-state index contributed by atoms with van der Waals surface area (Å²) in [6.45, 7) is 5.44. The second-order valence-electron chi connectivity index (χ2n) is 6.26. The number of anilines is 1. The summed E-state index contributed by atoms with van der Waals surface area (Å²) in [5.74, 6) is 0.224.